The van der Waals surface area contributed by atoms with Crippen molar-refractivity contribution in [1.82, 2.24) is 10.6 Å². The monoisotopic (exact) mass is 413 g/mol. The van der Waals surface area contributed by atoms with Crippen molar-refractivity contribution in [1.29, 1.82) is 0 Å². The van der Waals surface area contributed by atoms with E-state index in [0.29, 0.717) is 39.5 Å². The van der Waals surface area contributed by atoms with Gasteiger partial charge in [0, 0.05) is 32.4 Å². The number of methoxy groups -OCH3 is 1. The third kappa shape index (κ3) is 8.43. The van der Waals surface area contributed by atoms with Gasteiger partial charge in [-0.25, -0.2) is 4.99 Å². The van der Waals surface area contributed by atoms with Crippen LogP contribution in [0, 0.1) is 6.92 Å². The molecule has 2 rings (SSSR count). The van der Waals surface area contributed by atoms with E-state index in [1.807, 2.05) is 6.92 Å². The number of nitrogens with one attached hydrogen (secondary N) is 2. The smallest absolute Gasteiger partial charge is 0.191 e. The zero-order valence-electron chi connectivity index (χ0n) is 18.7. The number of hydrogen-bond donors (Lipinski definition) is 2. The minimum atomic E-state index is 0.539. The van der Waals surface area contributed by atoms with Crippen LogP contribution in [0.15, 0.2) is 47.5 Å². The Hall–Kier alpha value is -2.57. The molecule has 2 aromatic rings. The lowest BCUT2D eigenvalue weighted by Gasteiger charge is -2.15. The molecule has 164 valence electrons. The van der Waals surface area contributed by atoms with Crippen LogP contribution in [0.1, 0.15) is 36.1 Å². The average molecular weight is 414 g/mol. The van der Waals surface area contributed by atoms with E-state index in [2.05, 4.69) is 66.9 Å². The van der Waals surface area contributed by atoms with Gasteiger partial charge in [-0.2, -0.15) is 0 Å². The first-order valence-electron chi connectivity index (χ1n) is 10.5. The molecule has 0 aliphatic rings. The summed E-state index contributed by atoms with van der Waals surface area (Å²) in [4.78, 5) is 4.71. The molecule has 0 unspecified atom stereocenters. The molecule has 0 saturated heterocycles. The molecule has 0 amide bonds. The number of guanidine groups is 1. The summed E-state index contributed by atoms with van der Waals surface area (Å²) in [6.07, 6.45) is 0. The molecule has 6 nitrogen and oxygen atoms in total. The van der Waals surface area contributed by atoms with E-state index in [-0.39, 0.29) is 0 Å². The van der Waals surface area contributed by atoms with Crippen LogP contribution in [0.4, 0.5) is 0 Å². The number of ether oxygens (including phenoxy) is 3. The summed E-state index contributed by atoms with van der Waals surface area (Å²) in [5, 5.41) is 6.71. The standard InChI is InChI=1S/C24H35N3O3/c1-5-25-24(26-16-20-8-10-21(11-9-20)18-28-4)27-17-22-12-7-19(3)15-23(22)30-14-13-29-6-2/h7-12,15H,5-6,13-14,16-18H2,1-4H3,(H2,25,26,27). The van der Waals surface area contributed by atoms with Crippen LogP contribution < -0.4 is 15.4 Å². The highest BCUT2D eigenvalue weighted by Crippen LogP contribution is 2.20. The number of aryl methyl sites for hydroxylation is 1. The van der Waals surface area contributed by atoms with Crippen LogP contribution in [0.2, 0.25) is 0 Å². The van der Waals surface area contributed by atoms with Crippen LogP contribution in [0.5, 0.6) is 5.75 Å². The Labute approximate surface area is 180 Å². The number of rotatable bonds is 12. The average Bonchev–Trinajstić information content (AvgIpc) is 2.75. The van der Waals surface area contributed by atoms with Crippen molar-refractivity contribution in [3.8, 4) is 5.75 Å². The molecule has 0 atom stereocenters. The van der Waals surface area contributed by atoms with Gasteiger partial charge in [0.05, 0.1) is 19.8 Å². The maximum atomic E-state index is 5.94. The number of benzene rings is 2. The molecule has 0 saturated carbocycles. The van der Waals surface area contributed by atoms with Gasteiger partial charge in [0.25, 0.3) is 0 Å². The summed E-state index contributed by atoms with van der Waals surface area (Å²) in [6, 6.07) is 14.6. The van der Waals surface area contributed by atoms with E-state index >= 15 is 0 Å². The summed E-state index contributed by atoms with van der Waals surface area (Å²) in [6.45, 7) is 10.6. The molecule has 30 heavy (non-hydrogen) atoms. The van der Waals surface area contributed by atoms with Gasteiger partial charge < -0.3 is 24.8 Å². The summed E-state index contributed by atoms with van der Waals surface area (Å²) in [7, 11) is 1.70. The summed E-state index contributed by atoms with van der Waals surface area (Å²) in [5.41, 5.74) is 4.57. The second-order valence-electron chi connectivity index (χ2n) is 6.95. The van der Waals surface area contributed by atoms with Crippen molar-refractivity contribution in [2.45, 2.75) is 40.5 Å². The van der Waals surface area contributed by atoms with Crippen molar-refractivity contribution in [2.75, 3.05) is 33.5 Å². The maximum absolute atomic E-state index is 5.94. The van der Waals surface area contributed by atoms with Gasteiger partial charge in [-0.3, -0.25) is 0 Å². The molecule has 6 heteroatoms. The molecular formula is C24H35N3O3. The van der Waals surface area contributed by atoms with Crippen molar-refractivity contribution in [3.05, 3.63) is 64.7 Å². The Kier molecular flexibility index (Phi) is 10.8. The van der Waals surface area contributed by atoms with Gasteiger partial charge >= 0.3 is 0 Å². The minimum absolute atomic E-state index is 0.539. The zero-order chi connectivity index (χ0) is 21.6. The van der Waals surface area contributed by atoms with Gasteiger partial charge in [0.1, 0.15) is 12.4 Å². The third-order valence-electron chi connectivity index (χ3n) is 4.46. The molecule has 0 radical (unpaired) electrons. The van der Waals surface area contributed by atoms with E-state index in [4.69, 9.17) is 19.2 Å². The van der Waals surface area contributed by atoms with Crippen LogP contribution in [-0.2, 0) is 29.2 Å². The lowest BCUT2D eigenvalue weighted by Crippen LogP contribution is -2.36. The van der Waals surface area contributed by atoms with Gasteiger partial charge in [-0.05, 0) is 43.5 Å². The van der Waals surface area contributed by atoms with E-state index in [1.54, 1.807) is 7.11 Å². The van der Waals surface area contributed by atoms with Crippen molar-refractivity contribution in [3.63, 3.8) is 0 Å². The third-order valence-corrected chi connectivity index (χ3v) is 4.46. The van der Waals surface area contributed by atoms with Crippen molar-refractivity contribution >= 4 is 5.96 Å². The Bertz CT molecular complexity index is 776. The molecule has 0 aliphatic carbocycles. The lowest BCUT2D eigenvalue weighted by molar-refractivity contribution is 0.110. The highest BCUT2D eigenvalue weighted by molar-refractivity contribution is 5.79. The fraction of sp³-hybridized carbons (Fsp3) is 0.458. The largest absolute Gasteiger partial charge is 0.491 e. The number of nitrogens with zero attached hydrogens (tertiary/aromatic N) is 1. The van der Waals surface area contributed by atoms with Gasteiger partial charge in [-0.15, -0.1) is 0 Å². The highest BCUT2D eigenvalue weighted by atomic mass is 16.5. The second kappa shape index (κ2) is 13.6. The minimum Gasteiger partial charge on any atom is -0.491 e. The topological polar surface area (TPSA) is 64.1 Å². The van der Waals surface area contributed by atoms with E-state index < -0.39 is 0 Å². The van der Waals surface area contributed by atoms with E-state index in [9.17, 15) is 0 Å². The molecule has 0 heterocycles. The lowest BCUT2D eigenvalue weighted by atomic mass is 10.1. The zero-order valence-corrected chi connectivity index (χ0v) is 18.7. The van der Waals surface area contributed by atoms with E-state index in [1.165, 1.54) is 5.56 Å². The van der Waals surface area contributed by atoms with Gasteiger partial charge in [0.15, 0.2) is 5.96 Å². The predicted octanol–water partition coefficient (Wildman–Crippen LogP) is 3.81. The molecule has 2 aromatic carbocycles. The normalized spacial score (nSPS) is 11.4. The van der Waals surface area contributed by atoms with Gasteiger partial charge in [-0.1, -0.05) is 36.4 Å². The molecule has 2 N–H and O–H groups in total. The first-order valence-corrected chi connectivity index (χ1v) is 10.5. The predicted molar refractivity (Wildman–Crippen MR) is 122 cm³/mol. The molecule has 0 bridgehead atoms. The quantitative estimate of drug-likeness (QED) is 0.315. The summed E-state index contributed by atoms with van der Waals surface area (Å²) >= 11 is 0. The Morgan fingerprint density at radius 2 is 1.73 bits per heavy atom. The molecular weight excluding hydrogens is 378 g/mol. The Morgan fingerprint density at radius 1 is 0.967 bits per heavy atom. The SMILES string of the molecule is CCNC(=NCc1ccc(COC)cc1)NCc1ccc(C)cc1OCCOCC. The first kappa shape index (κ1) is 23.7. The molecule has 0 aliphatic heterocycles. The molecule has 0 aromatic heterocycles. The maximum Gasteiger partial charge on any atom is 0.191 e. The van der Waals surface area contributed by atoms with Gasteiger partial charge in [0.2, 0.25) is 0 Å². The molecule has 0 spiro atoms. The van der Waals surface area contributed by atoms with Crippen LogP contribution >= 0.6 is 0 Å². The van der Waals surface area contributed by atoms with Crippen LogP contribution in [-0.4, -0.2) is 39.4 Å². The fourth-order valence-corrected chi connectivity index (χ4v) is 2.90. The number of aliphatic imine (C=N–C) groups is 1. The van der Waals surface area contributed by atoms with E-state index in [0.717, 1.165) is 34.9 Å². The van der Waals surface area contributed by atoms with Crippen LogP contribution in [0.3, 0.4) is 0 Å². The fourth-order valence-electron chi connectivity index (χ4n) is 2.90. The van der Waals surface area contributed by atoms with Crippen molar-refractivity contribution in [2.24, 2.45) is 4.99 Å². The number of hydrogen-bond acceptors (Lipinski definition) is 4. The second-order valence-corrected chi connectivity index (χ2v) is 6.95. The first-order chi connectivity index (χ1) is 14.7. The summed E-state index contributed by atoms with van der Waals surface area (Å²) in [5.74, 6) is 1.66. The van der Waals surface area contributed by atoms with Crippen LogP contribution in [0.25, 0.3) is 0 Å². The highest BCUT2D eigenvalue weighted by Gasteiger charge is 2.06. The van der Waals surface area contributed by atoms with Crippen molar-refractivity contribution < 1.29 is 14.2 Å². The molecule has 0 fully saturated rings. The Balaban J connectivity index is 1.98. The summed E-state index contributed by atoms with van der Waals surface area (Å²) < 4.78 is 16.5. The Morgan fingerprint density at radius 3 is 2.43 bits per heavy atom.